The average molecular weight is 221 g/mol. The molecule has 1 rings (SSSR count). The first-order valence-electron chi connectivity index (χ1n) is 5.30. The molecule has 1 aromatic heterocycles. The first-order valence-corrected chi connectivity index (χ1v) is 5.30. The Kier molecular flexibility index (Phi) is 3.52. The summed E-state index contributed by atoms with van der Waals surface area (Å²) in [6, 6.07) is 1.79. The van der Waals surface area contributed by atoms with Gasteiger partial charge in [0.25, 0.3) is 0 Å². The van der Waals surface area contributed by atoms with Crippen LogP contribution >= 0.6 is 0 Å². The zero-order chi connectivity index (χ0) is 12.3. The molecule has 0 aromatic carbocycles. The van der Waals surface area contributed by atoms with Crippen molar-refractivity contribution in [1.29, 1.82) is 0 Å². The van der Waals surface area contributed by atoms with Crippen molar-refractivity contribution in [1.82, 2.24) is 4.98 Å². The molecular weight excluding hydrogens is 202 g/mol. The Morgan fingerprint density at radius 1 is 1.50 bits per heavy atom. The van der Waals surface area contributed by atoms with E-state index in [-0.39, 0.29) is 11.3 Å². The summed E-state index contributed by atoms with van der Waals surface area (Å²) in [5.41, 5.74) is 7.04. The maximum absolute atomic E-state index is 11.7. The standard InChI is InChI=1S/C12H19N3O/c1-8-5-9(13)7-14-11(8)15-10(16)6-12(2,3)4/h5,7H,6,13H2,1-4H3,(H,14,15,16). The minimum absolute atomic E-state index is 0.0205. The summed E-state index contributed by atoms with van der Waals surface area (Å²) < 4.78 is 0. The number of nitrogens with one attached hydrogen (secondary N) is 1. The van der Waals surface area contributed by atoms with E-state index < -0.39 is 0 Å². The molecule has 0 unspecified atom stereocenters. The Morgan fingerprint density at radius 2 is 2.12 bits per heavy atom. The number of nitrogen functional groups attached to an aromatic ring is 1. The minimum atomic E-state index is -0.0220. The summed E-state index contributed by atoms with van der Waals surface area (Å²) in [6.07, 6.45) is 2.01. The van der Waals surface area contributed by atoms with Crippen molar-refractivity contribution < 1.29 is 4.79 Å². The third kappa shape index (κ3) is 3.88. The lowest BCUT2D eigenvalue weighted by atomic mass is 9.92. The maximum Gasteiger partial charge on any atom is 0.226 e. The van der Waals surface area contributed by atoms with Gasteiger partial charge >= 0.3 is 0 Å². The van der Waals surface area contributed by atoms with Crippen LogP contribution in [0.4, 0.5) is 11.5 Å². The van der Waals surface area contributed by atoms with Gasteiger partial charge in [0.15, 0.2) is 0 Å². The van der Waals surface area contributed by atoms with Gasteiger partial charge in [-0.25, -0.2) is 4.98 Å². The number of hydrogen-bond donors (Lipinski definition) is 2. The SMILES string of the molecule is Cc1cc(N)cnc1NC(=O)CC(C)(C)C. The number of rotatable bonds is 2. The van der Waals surface area contributed by atoms with Crippen molar-refractivity contribution in [2.24, 2.45) is 5.41 Å². The quantitative estimate of drug-likeness (QED) is 0.805. The van der Waals surface area contributed by atoms with Crippen molar-refractivity contribution in [2.45, 2.75) is 34.1 Å². The summed E-state index contributed by atoms with van der Waals surface area (Å²) in [4.78, 5) is 15.8. The number of amides is 1. The van der Waals surface area contributed by atoms with E-state index in [2.05, 4.69) is 10.3 Å². The second-order valence-electron chi connectivity index (χ2n) is 5.22. The number of nitrogens with two attached hydrogens (primary N) is 1. The molecule has 0 aliphatic carbocycles. The van der Waals surface area contributed by atoms with E-state index >= 15 is 0 Å². The van der Waals surface area contributed by atoms with Crippen LogP contribution in [0, 0.1) is 12.3 Å². The Balaban J connectivity index is 2.70. The summed E-state index contributed by atoms with van der Waals surface area (Å²) in [5, 5.41) is 2.79. The van der Waals surface area contributed by atoms with Crippen LogP contribution in [0.5, 0.6) is 0 Å². The minimum Gasteiger partial charge on any atom is -0.397 e. The highest BCUT2D eigenvalue weighted by molar-refractivity contribution is 5.90. The molecule has 3 N–H and O–H groups in total. The Bertz CT molecular complexity index is 394. The van der Waals surface area contributed by atoms with E-state index in [0.717, 1.165) is 5.56 Å². The summed E-state index contributed by atoms with van der Waals surface area (Å²) in [6.45, 7) is 7.94. The molecule has 0 aliphatic heterocycles. The van der Waals surface area contributed by atoms with Crippen LogP contribution in [-0.2, 0) is 4.79 Å². The summed E-state index contributed by atoms with van der Waals surface area (Å²) in [5.74, 6) is 0.566. The molecule has 0 saturated heterocycles. The van der Waals surface area contributed by atoms with Crippen LogP contribution in [0.3, 0.4) is 0 Å². The Morgan fingerprint density at radius 3 is 2.62 bits per heavy atom. The van der Waals surface area contributed by atoms with E-state index in [0.29, 0.717) is 17.9 Å². The number of nitrogens with zero attached hydrogens (tertiary/aromatic N) is 1. The molecule has 1 amide bonds. The Labute approximate surface area is 96.3 Å². The summed E-state index contributed by atoms with van der Waals surface area (Å²) >= 11 is 0. The van der Waals surface area contributed by atoms with Gasteiger partial charge in [0.05, 0.1) is 11.9 Å². The highest BCUT2D eigenvalue weighted by Crippen LogP contribution is 2.20. The van der Waals surface area contributed by atoms with Crippen LogP contribution in [-0.4, -0.2) is 10.9 Å². The number of pyridine rings is 1. The smallest absolute Gasteiger partial charge is 0.226 e. The molecular formula is C12H19N3O. The second kappa shape index (κ2) is 4.51. The number of aryl methyl sites for hydroxylation is 1. The molecule has 0 bridgehead atoms. The topological polar surface area (TPSA) is 68.0 Å². The molecule has 0 spiro atoms. The first kappa shape index (κ1) is 12.5. The lowest BCUT2D eigenvalue weighted by Crippen LogP contribution is -2.20. The van der Waals surface area contributed by atoms with Crippen LogP contribution in [0.25, 0.3) is 0 Å². The fourth-order valence-electron chi connectivity index (χ4n) is 1.39. The van der Waals surface area contributed by atoms with E-state index in [4.69, 9.17) is 5.73 Å². The molecule has 1 heterocycles. The predicted molar refractivity (Wildman–Crippen MR) is 66.1 cm³/mol. The molecule has 0 atom stereocenters. The maximum atomic E-state index is 11.7. The van der Waals surface area contributed by atoms with E-state index in [1.165, 1.54) is 0 Å². The zero-order valence-corrected chi connectivity index (χ0v) is 10.3. The molecule has 0 aliphatic rings. The third-order valence-electron chi connectivity index (χ3n) is 2.05. The first-order chi connectivity index (χ1) is 7.28. The van der Waals surface area contributed by atoms with Crippen molar-refractivity contribution in [3.8, 4) is 0 Å². The fraction of sp³-hybridized carbons (Fsp3) is 0.500. The van der Waals surface area contributed by atoms with Gasteiger partial charge in [-0.3, -0.25) is 4.79 Å². The van der Waals surface area contributed by atoms with Crippen LogP contribution in [0.15, 0.2) is 12.3 Å². The van der Waals surface area contributed by atoms with E-state index in [1.807, 2.05) is 27.7 Å². The molecule has 16 heavy (non-hydrogen) atoms. The number of aromatic nitrogens is 1. The second-order valence-corrected chi connectivity index (χ2v) is 5.22. The van der Waals surface area contributed by atoms with Gasteiger partial charge in [-0.2, -0.15) is 0 Å². The predicted octanol–water partition coefficient (Wildman–Crippen LogP) is 2.35. The largest absolute Gasteiger partial charge is 0.397 e. The number of carbonyl (C=O) groups is 1. The van der Waals surface area contributed by atoms with Gasteiger partial charge < -0.3 is 11.1 Å². The number of hydrogen-bond acceptors (Lipinski definition) is 3. The average Bonchev–Trinajstić information content (AvgIpc) is 2.06. The molecule has 4 heteroatoms. The Hall–Kier alpha value is -1.58. The van der Waals surface area contributed by atoms with Crippen LogP contribution in [0.1, 0.15) is 32.8 Å². The fourth-order valence-corrected chi connectivity index (χ4v) is 1.39. The third-order valence-corrected chi connectivity index (χ3v) is 2.05. The van der Waals surface area contributed by atoms with Gasteiger partial charge in [0.2, 0.25) is 5.91 Å². The lowest BCUT2D eigenvalue weighted by Gasteiger charge is -2.17. The molecule has 4 nitrogen and oxygen atoms in total. The van der Waals surface area contributed by atoms with Gasteiger partial charge in [0, 0.05) is 6.42 Å². The molecule has 0 fully saturated rings. The van der Waals surface area contributed by atoms with Gasteiger partial charge in [-0.05, 0) is 24.0 Å². The number of carbonyl (C=O) groups excluding carboxylic acids is 1. The monoisotopic (exact) mass is 221 g/mol. The lowest BCUT2D eigenvalue weighted by molar-refractivity contribution is -0.117. The van der Waals surface area contributed by atoms with Crippen molar-refractivity contribution in [2.75, 3.05) is 11.1 Å². The van der Waals surface area contributed by atoms with E-state index in [1.54, 1.807) is 12.3 Å². The van der Waals surface area contributed by atoms with Crippen molar-refractivity contribution in [3.05, 3.63) is 17.8 Å². The zero-order valence-electron chi connectivity index (χ0n) is 10.3. The molecule has 0 radical (unpaired) electrons. The molecule has 1 aromatic rings. The summed E-state index contributed by atoms with van der Waals surface area (Å²) in [7, 11) is 0. The molecule has 88 valence electrons. The highest BCUT2D eigenvalue weighted by atomic mass is 16.1. The van der Waals surface area contributed by atoms with Gasteiger partial charge in [0.1, 0.15) is 5.82 Å². The number of anilines is 2. The van der Waals surface area contributed by atoms with E-state index in [9.17, 15) is 4.79 Å². The van der Waals surface area contributed by atoms with Crippen molar-refractivity contribution >= 4 is 17.4 Å². The van der Waals surface area contributed by atoms with Crippen LogP contribution in [0.2, 0.25) is 0 Å². The molecule has 0 saturated carbocycles. The normalized spacial score (nSPS) is 11.2. The van der Waals surface area contributed by atoms with Crippen LogP contribution < -0.4 is 11.1 Å². The van der Waals surface area contributed by atoms with Gasteiger partial charge in [-0.1, -0.05) is 20.8 Å². The highest BCUT2D eigenvalue weighted by Gasteiger charge is 2.16. The van der Waals surface area contributed by atoms with Crippen molar-refractivity contribution in [3.63, 3.8) is 0 Å². The van der Waals surface area contributed by atoms with Gasteiger partial charge in [-0.15, -0.1) is 0 Å².